The smallest absolute Gasteiger partial charge is 0.163 e. The molecule has 2 heterocycles. The highest BCUT2D eigenvalue weighted by Gasteiger charge is 2.11. The molecule has 6 nitrogen and oxygen atoms in total. The summed E-state index contributed by atoms with van der Waals surface area (Å²) in [5.74, 6) is 1.51. The molecule has 0 saturated carbocycles. The summed E-state index contributed by atoms with van der Waals surface area (Å²) in [5.41, 5.74) is 0.828. The van der Waals surface area contributed by atoms with E-state index in [0.29, 0.717) is 12.4 Å². The van der Waals surface area contributed by atoms with Crippen molar-refractivity contribution in [1.29, 1.82) is 0 Å². The van der Waals surface area contributed by atoms with E-state index in [-0.39, 0.29) is 6.10 Å². The first kappa shape index (κ1) is 13.7. The third-order valence-electron chi connectivity index (χ3n) is 3.05. The lowest BCUT2D eigenvalue weighted by molar-refractivity contribution is 0.0469. The fourth-order valence-corrected chi connectivity index (χ4v) is 1.77. The molecule has 0 bridgehead atoms. The summed E-state index contributed by atoms with van der Waals surface area (Å²) in [6.07, 6.45) is 2.98. The highest BCUT2D eigenvalue weighted by molar-refractivity contribution is 5.86. The summed E-state index contributed by atoms with van der Waals surface area (Å²) < 4.78 is 7.45. The van der Waals surface area contributed by atoms with Crippen molar-refractivity contribution in [2.75, 3.05) is 11.9 Å². The normalized spacial score (nSPS) is 12.8. The first-order valence-corrected chi connectivity index (χ1v) is 6.69. The van der Waals surface area contributed by atoms with E-state index in [1.807, 2.05) is 20.9 Å². The third-order valence-corrected chi connectivity index (χ3v) is 3.05. The van der Waals surface area contributed by atoms with E-state index >= 15 is 0 Å². The number of fused-ring (bicyclic) bond motifs is 1. The monoisotopic (exact) mass is 263 g/mol. The van der Waals surface area contributed by atoms with Crippen molar-refractivity contribution in [3.05, 3.63) is 12.0 Å². The molecule has 0 saturated heterocycles. The molecule has 0 aromatic carbocycles. The second kappa shape index (κ2) is 5.97. The van der Waals surface area contributed by atoms with E-state index in [9.17, 15) is 0 Å². The van der Waals surface area contributed by atoms with Gasteiger partial charge in [0.1, 0.15) is 12.4 Å². The van der Waals surface area contributed by atoms with Crippen molar-refractivity contribution in [2.45, 2.75) is 39.9 Å². The van der Waals surface area contributed by atoms with E-state index in [4.69, 9.17) is 4.74 Å². The fourth-order valence-electron chi connectivity index (χ4n) is 1.77. The van der Waals surface area contributed by atoms with Gasteiger partial charge in [0, 0.05) is 13.6 Å². The number of hydrogen-bond donors (Lipinski definition) is 1. The van der Waals surface area contributed by atoms with Gasteiger partial charge in [0.25, 0.3) is 0 Å². The summed E-state index contributed by atoms with van der Waals surface area (Å²) in [6, 6.07) is 0. The van der Waals surface area contributed by atoms with Crippen molar-refractivity contribution in [3.63, 3.8) is 0 Å². The molecular formula is C13H21N5O. The van der Waals surface area contributed by atoms with Gasteiger partial charge in [-0.2, -0.15) is 5.10 Å². The van der Waals surface area contributed by atoms with Crippen molar-refractivity contribution < 1.29 is 4.74 Å². The van der Waals surface area contributed by atoms with Gasteiger partial charge in [0.2, 0.25) is 0 Å². The summed E-state index contributed by atoms with van der Waals surface area (Å²) in [7, 11) is 1.88. The Hall–Kier alpha value is -1.69. The zero-order valence-electron chi connectivity index (χ0n) is 12.0. The lowest BCUT2D eigenvalue weighted by atomic mass is 10.3. The SMILES string of the molecule is CCNc1nc(COC(C)CC)nc2c1cnn2C. The van der Waals surface area contributed by atoms with Crippen LogP contribution in [0.25, 0.3) is 11.0 Å². The third kappa shape index (κ3) is 3.01. The van der Waals surface area contributed by atoms with Gasteiger partial charge in [0.15, 0.2) is 11.5 Å². The Balaban J connectivity index is 2.31. The second-order valence-corrected chi connectivity index (χ2v) is 4.55. The molecule has 0 aliphatic carbocycles. The van der Waals surface area contributed by atoms with Crippen LogP contribution in [-0.2, 0) is 18.4 Å². The Labute approximate surface area is 113 Å². The standard InChI is InChI=1S/C13H21N5O/c1-5-9(3)19-8-11-16-12(14-6-2)10-7-15-18(4)13(10)17-11/h7,9H,5-6,8H2,1-4H3,(H,14,16,17). The van der Waals surface area contributed by atoms with Gasteiger partial charge in [-0.1, -0.05) is 6.92 Å². The number of rotatable bonds is 6. The van der Waals surface area contributed by atoms with Crippen LogP contribution in [-0.4, -0.2) is 32.4 Å². The minimum Gasteiger partial charge on any atom is -0.371 e. The molecule has 1 N–H and O–H groups in total. The van der Waals surface area contributed by atoms with Gasteiger partial charge >= 0.3 is 0 Å². The van der Waals surface area contributed by atoms with Crippen LogP contribution in [0.1, 0.15) is 33.0 Å². The maximum Gasteiger partial charge on any atom is 0.163 e. The van der Waals surface area contributed by atoms with Gasteiger partial charge in [-0.3, -0.25) is 4.68 Å². The highest BCUT2D eigenvalue weighted by atomic mass is 16.5. The molecule has 0 amide bonds. The summed E-state index contributed by atoms with van der Waals surface area (Å²) in [6.45, 7) is 7.43. The van der Waals surface area contributed by atoms with Crippen LogP contribution in [0.15, 0.2) is 6.20 Å². The minimum absolute atomic E-state index is 0.216. The summed E-state index contributed by atoms with van der Waals surface area (Å²) >= 11 is 0. The van der Waals surface area contributed by atoms with Crippen LogP contribution in [0, 0.1) is 0 Å². The molecule has 2 rings (SSSR count). The quantitative estimate of drug-likeness (QED) is 0.864. The van der Waals surface area contributed by atoms with Gasteiger partial charge in [-0.15, -0.1) is 0 Å². The summed E-state index contributed by atoms with van der Waals surface area (Å²) in [4.78, 5) is 9.02. The Kier molecular flexibility index (Phi) is 4.31. The van der Waals surface area contributed by atoms with Crippen molar-refractivity contribution >= 4 is 16.9 Å². The van der Waals surface area contributed by atoms with E-state index in [2.05, 4.69) is 27.3 Å². The molecule has 1 atom stereocenters. The van der Waals surface area contributed by atoms with Crippen LogP contribution in [0.3, 0.4) is 0 Å². The van der Waals surface area contributed by atoms with Gasteiger partial charge in [-0.05, 0) is 20.3 Å². The largest absolute Gasteiger partial charge is 0.371 e. The molecule has 0 fully saturated rings. The zero-order valence-corrected chi connectivity index (χ0v) is 12.0. The molecule has 2 aromatic heterocycles. The molecule has 2 aromatic rings. The molecule has 0 aliphatic heterocycles. The molecular weight excluding hydrogens is 242 g/mol. The number of ether oxygens (including phenoxy) is 1. The van der Waals surface area contributed by atoms with Crippen molar-refractivity contribution in [3.8, 4) is 0 Å². The van der Waals surface area contributed by atoms with Crippen LogP contribution in [0.2, 0.25) is 0 Å². The van der Waals surface area contributed by atoms with Crippen LogP contribution >= 0.6 is 0 Å². The van der Waals surface area contributed by atoms with E-state index in [1.165, 1.54) is 0 Å². The number of nitrogens with zero attached hydrogens (tertiary/aromatic N) is 4. The molecule has 104 valence electrons. The van der Waals surface area contributed by atoms with E-state index in [1.54, 1.807) is 10.9 Å². The fraction of sp³-hybridized carbons (Fsp3) is 0.615. The maximum atomic E-state index is 5.69. The Morgan fingerprint density at radius 2 is 2.16 bits per heavy atom. The molecule has 0 radical (unpaired) electrons. The zero-order chi connectivity index (χ0) is 13.8. The number of anilines is 1. The number of nitrogens with one attached hydrogen (secondary N) is 1. The van der Waals surface area contributed by atoms with Gasteiger partial charge < -0.3 is 10.1 Å². The average molecular weight is 263 g/mol. The number of aryl methyl sites for hydroxylation is 1. The average Bonchev–Trinajstić information content (AvgIpc) is 2.78. The number of hydrogen-bond acceptors (Lipinski definition) is 5. The molecule has 6 heteroatoms. The number of aromatic nitrogens is 4. The second-order valence-electron chi connectivity index (χ2n) is 4.55. The van der Waals surface area contributed by atoms with Crippen molar-refractivity contribution in [2.24, 2.45) is 7.05 Å². The molecule has 0 aliphatic rings. The molecule has 1 unspecified atom stereocenters. The van der Waals surface area contributed by atoms with E-state index < -0.39 is 0 Å². The lowest BCUT2D eigenvalue weighted by Gasteiger charge is -2.11. The molecule has 0 spiro atoms. The predicted molar refractivity (Wildman–Crippen MR) is 75.0 cm³/mol. The Morgan fingerprint density at radius 1 is 1.37 bits per heavy atom. The first-order chi connectivity index (χ1) is 9.15. The topological polar surface area (TPSA) is 64.9 Å². The first-order valence-electron chi connectivity index (χ1n) is 6.69. The van der Waals surface area contributed by atoms with Gasteiger partial charge in [0.05, 0.1) is 17.7 Å². The Morgan fingerprint density at radius 3 is 2.84 bits per heavy atom. The van der Waals surface area contributed by atoms with Crippen molar-refractivity contribution in [1.82, 2.24) is 19.7 Å². The highest BCUT2D eigenvalue weighted by Crippen LogP contribution is 2.19. The molecule has 19 heavy (non-hydrogen) atoms. The van der Waals surface area contributed by atoms with Crippen LogP contribution in [0.5, 0.6) is 0 Å². The predicted octanol–water partition coefficient (Wildman–Crippen LogP) is 2.11. The van der Waals surface area contributed by atoms with Crippen LogP contribution < -0.4 is 5.32 Å². The lowest BCUT2D eigenvalue weighted by Crippen LogP contribution is -2.10. The van der Waals surface area contributed by atoms with Crippen LogP contribution in [0.4, 0.5) is 5.82 Å². The Bertz CT molecular complexity index is 551. The minimum atomic E-state index is 0.216. The maximum absolute atomic E-state index is 5.69. The summed E-state index contributed by atoms with van der Waals surface area (Å²) in [5, 5.41) is 8.41. The van der Waals surface area contributed by atoms with Gasteiger partial charge in [-0.25, -0.2) is 9.97 Å². The van der Waals surface area contributed by atoms with E-state index in [0.717, 1.165) is 29.8 Å².